The van der Waals surface area contributed by atoms with Crippen LogP contribution in [0.25, 0.3) is 0 Å². The van der Waals surface area contributed by atoms with Gasteiger partial charge in [0.25, 0.3) is 0 Å². The molecule has 0 fully saturated rings. The number of aryl methyl sites for hydroxylation is 1. The van der Waals surface area contributed by atoms with E-state index in [1.165, 1.54) is 5.56 Å². The van der Waals surface area contributed by atoms with Gasteiger partial charge in [-0.15, -0.1) is 0 Å². The average Bonchev–Trinajstić information content (AvgIpc) is 2.45. The molecule has 2 aromatic rings. The van der Waals surface area contributed by atoms with Gasteiger partial charge in [-0.2, -0.15) is 0 Å². The fourth-order valence-electron chi connectivity index (χ4n) is 1.80. The van der Waals surface area contributed by atoms with Crippen LogP contribution in [0, 0.1) is 6.92 Å². The molecule has 2 aromatic carbocycles. The van der Waals surface area contributed by atoms with Crippen molar-refractivity contribution < 1.29 is 14.6 Å². The standard InChI is InChI=1S/C16H16O3/c1-12-3-2-4-13(9-12)11-19-15-7-5-14(6-8-15)16(18)10-17/h2-9,17H,10-11H2,1H3. The van der Waals surface area contributed by atoms with Crippen molar-refractivity contribution in [1.82, 2.24) is 0 Å². The van der Waals surface area contributed by atoms with Gasteiger partial charge >= 0.3 is 0 Å². The lowest BCUT2D eigenvalue weighted by atomic mass is 10.1. The van der Waals surface area contributed by atoms with E-state index in [-0.39, 0.29) is 5.78 Å². The molecular weight excluding hydrogens is 240 g/mol. The molecule has 0 aromatic heterocycles. The molecule has 0 heterocycles. The van der Waals surface area contributed by atoms with Gasteiger partial charge < -0.3 is 9.84 Å². The highest BCUT2D eigenvalue weighted by Gasteiger charge is 2.03. The van der Waals surface area contributed by atoms with Crippen LogP contribution in [0.15, 0.2) is 48.5 Å². The first kappa shape index (κ1) is 13.3. The third-order valence-electron chi connectivity index (χ3n) is 2.81. The summed E-state index contributed by atoms with van der Waals surface area (Å²) in [6.45, 7) is 2.07. The van der Waals surface area contributed by atoms with Crippen molar-refractivity contribution in [1.29, 1.82) is 0 Å². The molecule has 0 atom stereocenters. The maximum Gasteiger partial charge on any atom is 0.188 e. The van der Waals surface area contributed by atoms with Gasteiger partial charge in [-0.05, 0) is 36.8 Å². The van der Waals surface area contributed by atoms with Crippen LogP contribution in [-0.2, 0) is 6.61 Å². The summed E-state index contributed by atoms with van der Waals surface area (Å²) in [6.07, 6.45) is 0. The molecule has 0 radical (unpaired) electrons. The van der Waals surface area contributed by atoms with Gasteiger partial charge in [0.05, 0.1) is 0 Å². The van der Waals surface area contributed by atoms with E-state index in [1.807, 2.05) is 25.1 Å². The molecule has 2 rings (SSSR count). The van der Waals surface area contributed by atoms with Crippen molar-refractivity contribution in [2.75, 3.05) is 6.61 Å². The Kier molecular flexibility index (Phi) is 4.31. The van der Waals surface area contributed by atoms with Gasteiger partial charge in [0, 0.05) is 5.56 Å². The van der Waals surface area contributed by atoms with E-state index >= 15 is 0 Å². The Bertz CT molecular complexity index is 558. The molecule has 0 saturated heterocycles. The highest BCUT2D eigenvalue weighted by Crippen LogP contribution is 2.15. The SMILES string of the molecule is Cc1cccc(COc2ccc(C(=O)CO)cc2)c1. The van der Waals surface area contributed by atoms with E-state index in [9.17, 15) is 4.79 Å². The van der Waals surface area contributed by atoms with Crippen molar-refractivity contribution in [3.8, 4) is 5.75 Å². The molecule has 3 nitrogen and oxygen atoms in total. The largest absolute Gasteiger partial charge is 0.489 e. The Hall–Kier alpha value is -2.13. The summed E-state index contributed by atoms with van der Waals surface area (Å²) in [5.74, 6) is 0.418. The van der Waals surface area contributed by atoms with Crippen LogP contribution in [0.4, 0.5) is 0 Å². The van der Waals surface area contributed by atoms with E-state index in [0.717, 1.165) is 5.56 Å². The molecule has 0 unspecified atom stereocenters. The number of aliphatic hydroxyl groups is 1. The van der Waals surface area contributed by atoms with Crippen molar-refractivity contribution in [2.24, 2.45) is 0 Å². The first-order valence-electron chi connectivity index (χ1n) is 6.11. The topological polar surface area (TPSA) is 46.5 Å². The summed E-state index contributed by atoms with van der Waals surface area (Å²) < 4.78 is 5.64. The normalized spacial score (nSPS) is 10.2. The highest BCUT2D eigenvalue weighted by atomic mass is 16.5. The maximum atomic E-state index is 11.3. The summed E-state index contributed by atoms with van der Waals surface area (Å²) in [6, 6.07) is 14.9. The van der Waals surface area contributed by atoms with Crippen LogP contribution in [0.2, 0.25) is 0 Å². The van der Waals surface area contributed by atoms with Gasteiger partial charge in [-0.25, -0.2) is 0 Å². The number of ketones is 1. The molecule has 0 aliphatic carbocycles. The lowest BCUT2D eigenvalue weighted by Crippen LogP contribution is -2.04. The quantitative estimate of drug-likeness (QED) is 0.837. The van der Waals surface area contributed by atoms with Gasteiger partial charge in [0.2, 0.25) is 0 Å². The number of benzene rings is 2. The van der Waals surface area contributed by atoms with Crippen LogP contribution in [0.5, 0.6) is 5.75 Å². The number of carbonyl (C=O) groups is 1. The van der Waals surface area contributed by atoms with Gasteiger partial charge in [-0.3, -0.25) is 4.79 Å². The fraction of sp³-hybridized carbons (Fsp3) is 0.188. The summed E-state index contributed by atoms with van der Waals surface area (Å²) in [5, 5.41) is 8.75. The zero-order valence-corrected chi connectivity index (χ0v) is 10.8. The summed E-state index contributed by atoms with van der Waals surface area (Å²) >= 11 is 0. The fourth-order valence-corrected chi connectivity index (χ4v) is 1.80. The molecule has 0 aliphatic heterocycles. The first-order chi connectivity index (χ1) is 9.19. The van der Waals surface area contributed by atoms with Gasteiger partial charge in [0.15, 0.2) is 5.78 Å². The smallest absolute Gasteiger partial charge is 0.188 e. The Morgan fingerprint density at radius 3 is 2.53 bits per heavy atom. The second-order valence-corrected chi connectivity index (χ2v) is 4.38. The summed E-state index contributed by atoms with van der Waals surface area (Å²) in [4.78, 5) is 11.3. The molecule has 0 bridgehead atoms. The number of carbonyl (C=O) groups excluding carboxylic acids is 1. The molecule has 19 heavy (non-hydrogen) atoms. The van der Waals surface area contributed by atoms with Crippen molar-refractivity contribution in [2.45, 2.75) is 13.5 Å². The monoisotopic (exact) mass is 256 g/mol. The lowest BCUT2D eigenvalue weighted by Gasteiger charge is -2.07. The Morgan fingerprint density at radius 2 is 1.89 bits per heavy atom. The zero-order valence-electron chi connectivity index (χ0n) is 10.8. The molecule has 0 amide bonds. The van der Waals surface area contributed by atoms with E-state index in [1.54, 1.807) is 24.3 Å². The van der Waals surface area contributed by atoms with Crippen molar-refractivity contribution in [3.05, 3.63) is 65.2 Å². The second kappa shape index (κ2) is 6.16. The summed E-state index contributed by atoms with van der Waals surface area (Å²) in [5.41, 5.74) is 2.80. The van der Waals surface area contributed by atoms with E-state index < -0.39 is 6.61 Å². The van der Waals surface area contributed by atoms with Crippen molar-refractivity contribution in [3.63, 3.8) is 0 Å². The number of Topliss-reactive ketones (excluding diaryl/α,β-unsaturated/α-hetero) is 1. The Labute approximate surface area is 112 Å². The van der Waals surface area contributed by atoms with E-state index in [0.29, 0.717) is 17.9 Å². The average molecular weight is 256 g/mol. The van der Waals surface area contributed by atoms with Crippen LogP contribution in [0.1, 0.15) is 21.5 Å². The third kappa shape index (κ3) is 3.66. The van der Waals surface area contributed by atoms with E-state index in [2.05, 4.69) is 6.07 Å². The molecule has 98 valence electrons. The Balaban J connectivity index is 1.98. The Morgan fingerprint density at radius 1 is 1.16 bits per heavy atom. The van der Waals surface area contributed by atoms with Gasteiger partial charge in [0.1, 0.15) is 19.0 Å². The minimum Gasteiger partial charge on any atom is -0.489 e. The van der Waals surface area contributed by atoms with Gasteiger partial charge in [-0.1, -0.05) is 29.8 Å². The number of hydrogen-bond donors (Lipinski definition) is 1. The number of ether oxygens (including phenoxy) is 1. The molecule has 3 heteroatoms. The third-order valence-corrected chi connectivity index (χ3v) is 2.81. The van der Waals surface area contributed by atoms with Crippen LogP contribution in [-0.4, -0.2) is 17.5 Å². The maximum absolute atomic E-state index is 11.3. The predicted octanol–water partition coefficient (Wildman–Crippen LogP) is 2.75. The first-order valence-corrected chi connectivity index (χ1v) is 6.11. The number of hydrogen-bond acceptors (Lipinski definition) is 3. The van der Waals surface area contributed by atoms with Crippen LogP contribution < -0.4 is 4.74 Å². The number of rotatable bonds is 5. The summed E-state index contributed by atoms with van der Waals surface area (Å²) in [7, 11) is 0. The number of aliphatic hydroxyl groups excluding tert-OH is 1. The van der Waals surface area contributed by atoms with E-state index in [4.69, 9.17) is 9.84 Å². The molecular formula is C16H16O3. The minimum absolute atomic E-state index is 0.287. The molecule has 0 aliphatic rings. The minimum atomic E-state index is -0.469. The molecule has 0 saturated carbocycles. The molecule has 1 N–H and O–H groups in total. The zero-order chi connectivity index (χ0) is 13.7. The molecule has 0 spiro atoms. The highest BCUT2D eigenvalue weighted by molar-refractivity contribution is 5.96. The van der Waals surface area contributed by atoms with Crippen LogP contribution in [0.3, 0.4) is 0 Å². The van der Waals surface area contributed by atoms with Crippen LogP contribution >= 0.6 is 0 Å². The lowest BCUT2D eigenvalue weighted by molar-refractivity contribution is 0.0903. The van der Waals surface area contributed by atoms with Crippen molar-refractivity contribution >= 4 is 5.78 Å². The second-order valence-electron chi connectivity index (χ2n) is 4.38. The predicted molar refractivity (Wildman–Crippen MR) is 73.4 cm³/mol.